The molecule has 0 unspecified atom stereocenters. The lowest BCUT2D eigenvalue weighted by atomic mass is 10.3. The molecule has 0 atom stereocenters. The summed E-state index contributed by atoms with van der Waals surface area (Å²) >= 11 is 0. The number of aromatic nitrogens is 3. The zero-order chi connectivity index (χ0) is 14.2. The number of pyridine rings is 1. The molecule has 0 spiro atoms. The van der Waals surface area contributed by atoms with E-state index in [2.05, 4.69) is 17.2 Å². The number of halogens is 1. The number of carbonyl (C=O) groups is 1. The molecule has 0 fully saturated rings. The summed E-state index contributed by atoms with van der Waals surface area (Å²) in [6.07, 6.45) is 10.9. The average molecular weight is 353 g/mol. The van der Waals surface area contributed by atoms with Crippen molar-refractivity contribution in [2.45, 2.75) is 32.9 Å². The van der Waals surface area contributed by atoms with Gasteiger partial charge in [-0.15, -0.1) is 0 Å². The number of aryl methyl sites for hydroxylation is 3. The number of imidazole rings is 1. The lowest BCUT2D eigenvalue weighted by Gasteiger charge is -2.04. The lowest BCUT2D eigenvalue weighted by Crippen LogP contribution is -3.00. The van der Waals surface area contributed by atoms with Gasteiger partial charge in [-0.1, -0.05) is 0 Å². The Labute approximate surface area is 135 Å². The minimum Gasteiger partial charge on any atom is -1.00 e. The molecule has 0 radical (unpaired) electrons. The third-order valence-corrected chi connectivity index (χ3v) is 3.13. The Morgan fingerprint density at radius 2 is 2.14 bits per heavy atom. The lowest BCUT2D eigenvalue weighted by molar-refractivity contribution is -0.695. The maximum absolute atomic E-state index is 11.7. The maximum Gasteiger partial charge on any atom is 0.226 e. The Morgan fingerprint density at radius 3 is 2.81 bits per heavy atom. The largest absolute Gasteiger partial charge is 1.00 e. The van der Waals surface area contributed by atoms with Crippen LogP contribution >= 0.6 is 0 Å². The second-order valence-corrected chi connectivity index (χ2v) is 4.87. The van der Waals surface area contributed by atoms with Crippen LogP contribution in [0.5, 0.6) is 0 Å². The van der Waals surface area contributed by atoms with E-state index in [1.54, 1.807) is 12.5 Å². The number of nitrogens with one attached hydrogen (secondary N) is 1. The van der Waals surface area contributed by atoms with Crippen molar-refractivity contribution in [2.24, 2.45) is 0 Å². The fourth-order valence-electron chi connectivity index (χ4n) is 1.91. The van der Waals surface area contributed by atoms with Crippen LogP contribution < -0.4 is 26.9 Å². The number of rotatable bonds is 7. The number of nitrogens with zero attached hydrogens (tertiary/aromatic N) is 3. The van der Waals surface area contributed by atoms with Crippen LogP contribution in [-0.2, 0) is 17.9 Å². The molecule has 0 bridgehead atoms. The normalized spacial score (nSPS) is 9.95. The van der Waals surface area contributed by atoms with Gasteiger partial charge in [0.2, 0.25) is 5.91 Å². The van der Waals surface area contributed by atoms with Gasteiger partial charge in [0.15, 0.2) is 18.9 Å². The summed E-state index contributed by atoms with van der Waals surface area (Å²) in [6, 6.07) is 4.09. The monoisotopic (exact) mass is 352 g/mol. The van der Waals surface area contributed by atoms with Crippen LogP contribution in [0.25, 0.3) is 0 Å². The van der Waals surface area contributed by atoms with E-state index >= 15 is 0 Å². The third kappa shape index (κ3) is 6.53. The van der Waals surface area contributed by atoms with Crippen LogP contribution in [0.15, 0.2) is 43.2 Å². The molecule has 0 saturated carbocycles. The molecule has 0 aliphatic rings. The van der Waals surface area contributed by atoms with Crippen molar-refractivity contribution in [3.05, 3.63) is 48.8 Å². The summed E-state index contributed by atoms with van der Waals surface area (Å²) in [5, 5.41) is 2.94. The van der Waals surface area contributed by atoms with Crippen LogP contribution in [-0.4, -0.2) is 22.0 Å². The molecule has 2 rings (SSSR count). The van der Waals surface area contributed by atoms with Crippen molar-refractivity contribution in [3.63, 3.8) is 0 Å². The van der Waals surface area contributed by atoms with Crippen molar-refractivity contribution in [2.75, 3.05) is 6.54 Å². The highest BCUT2D eigenvalue weighted by Gasteiger charge is 2.05. The molecule has 1 N–H and O–H groups in total. The van der Waals surface area contributed by atoms with Gasteiger partial charge in [-0.2, -0.15) is 0 Å². The zero-order valence-electron chi connectivity index (χ0n) is 12.2. The molecule has 2 aromatic rings. The molecule has 0 aromatic carbocycles. The van der Waals surface area contributed by atoms with Crippen LogP contribution in [0.3, 0.4) is 0 Å². The molecular formula is C15H21BrN4O. The first-order valence-electron chi connectivity index (χ1n) is 6.92. The fraction of sp³-hybridized carbons (Fsp3) is 0.400. The number of hydrogen-bond acceptors (Lipinski definition) is 2. The van der Waals surface area contributed by atoms with Crippen molar-refractivity contribution in [1.82, 2.24) is 14.9 Å². The Balaban J connectivity index is 0.00000220. The Bertz CT molecular complexity index is 525. The Kier molecular flexibility index (Phi) is 7.68. The van der Waals surface area contributed by atoms with E-state index in [4.69, 9.17) is 0 Å². The van der Waals surface area contributed by atoms with Gasteiger partial charge in [0.25, 0.3) is 0 Å². The number of hydrogen-bond donors (Lipinski definition) is 1. The van der Waals surface area contributed by atoms with E-state index in [1.807, 2.05) is 39.9 Å². The first-order chi connectivity index (χ1) is 9.74. The van der Waals surface area contributed by atoms with Crippen LogP contribution in [0.4, 0.5) is 0 Å². The topological polar surface area (TPSA) is 50.8 Å². The molecule has 2 aromatic heterocycles. The highest BCUT2D eigenvalue weighted by atomic mass is 79.9. The summed E-state index contributed by atoms with van der Waals surface area (Å²) in [6.45, 7) is 4.35. The van der Waals surface area contributed by atoms with Gasteiger partial charge in [-0.25, -0.2) is 9.55 Å². The van der Waals surface area contributed by atoms with E-state index in [0.717, 1.165) is 13.0 Å². The maximum atomic E-state index is 11.7. The van der Waals surface area contributed by atoms with Crippen molar-refractivity contribution >= 4 is 5.91 Å². The smallest absolute Gasteiger partial charge is 0.226 e. The highest BCUT2D eigenvalue weighted by Crippen LogP contribution is 1.92. The summed E-state index contributed by atoms with van der Waals surface area (Å²) in [7, 11) is 0. The van der Waals surface area contributed by atoms with Crippen LogP contribution in [0, 0.1) is 6.92 Å². The van der Waals surface area contributed by atoms with Gasteiger partial charge in [0.1, 0.15) is 0 Å². The predicted octanol–water partition coefficient (Wildman–Crippen LogP) is -1.92. The molecule has 6 heteroatoms. The minimum atomic E-state index is 0. The van der Waals surface area contributed by atoms with Crippen molar-refractivity contribution in [3.8, 4) is 0 Å². The fourth-order valence-corrected chi connectivity index (χ4v) is 1.91. The van der Waals surface area contributed by atoms with Crippen molar-refractivity contribution < 1.29 is 26.3 Å². The molecule has 21 heavy (non-hydrogen) atoms. The molecule has 2 heterocycles. The van der Waals surface area contributed by atoms with E-state index < -0.39 is 0 Å². The molecule has 1 amide bonds. The van der Waals surface area contributed by atoms with E-state index in [9.17, 15) is 4.79 Å². The first-order valence-corrected chi connectivity index (χ1v) is 6.92. The minimum absolute atomic E-state index is 0. The van der Waals surface area contributed by atoms with E-state index in [-0.39, 0.29) is 22.9 Å². The van der Waals surface area contributed by atoms with Gasteiger partial charge in [0.05, 0.1) is 12.7 Å². The van der Waals surface area contributed by atoms with Gasteiger partial charge in [-0.05, 0) is 18.9 Å². The Morgan fingerprint density at radius 1 is 1.38 bits per heavy atom. The Hall–Kier alpha value is -1.69. The molecule has 0 saturated heterocycles. The van der Waals surface area contributed by atoms with Gasteiger partial charge >= 0.3 is 0 Å². The number of carbonyl (C=O) groups excluding carboxylic acids is 1. The zero-order valence-corrected chi connectivity index (χ0v) is 13.8. The summed E-state index contributed by atoms with van der Waals surface area (Å²) in [5.41, 5.74) is 1.23. The second kappa shape index (κ2) is 9.28. The van der Waals surface area contributed by atoms with Gasteiger partial charge < -0.3 is 26.9 Å². The van der Waals surface area contributed by atoms with Gasteiger partial charge in [0, 0.05) is 37.6 Å². The quantitative estimate of drug-likeness (QED) is 0.466. The summed E-state index contributed by atoms with van der Waals surface area (Å²) in [4.78, 5) is 15.7. The van der Waals surface area contributed by atoms with Crippen LogP contribution in [0.1, 0.15) is 18.4 Å². The van der Waals surface area contributed by atoms with Crippen molar-refractivity contribution in [1.29, 1.82) is 0 Å². The van der Waals surface area contributed by atoms with Gasteiger partial charge in [-0.3, -0.25) is 4.79 Å². The summed E-state index contributed by atoms with van der Waals surface area (Å²) in [5.74, 6) is 0.101. The molecular weight excluding hydrogens is 332 g/mol. The predicted molar refractivity (Wildman–Crippen MR) is 75.8 cm³/mol. The number of amides is 1. The molecule has 5 nitrogen and oxygen atoms in total. The van der Waals surface area contributed by atoms with Crippen LogP contribution in [0.2, 0.25) is 0 Å². The first kappa shape index (κ1) is 17.4. The SMILES string of the molecule is Cc1cc[n+](CCC(=O)NCCCn2ccnc2)cc1.[Br-]. The molecule has 0 aliphatic heterocycles. The van der Waals surface area contributed by atoms with E-state index in [0.29, 0.717) is 19.5 Å². The second-order valence-electron chi connectivity index (χ2n) is 4.87. The highest BCUT2D eigenvalue weighted by molar-refractivity contribution is 5.75. The average Bonchev–Trinajstić information content (AvgIpc) is 2.96. The molecule has 114 valence electrons. The third-order valence-electron chi connectivity index (χ3n) is 3.13. The van der Waals surface area contributed by atoms with E-state index in [1.165, 1.54) is 5.56 Å². The summed E-state index contributed by atoms with van der Waals surface area (Å²) < 4.78 is 4.03. The molecule has 0 aliphatic carbocycles. The standard InChI is InChI=1S/C15H20N4O.BrH/c1-14-3-9-18(10-4-14)11-5-15(20)17-6-2-8-19-12-7-16-13-19;/h3-4,7,9-10,12-13H,2,5-6,8,11H2,1H3;1H.